The standard InChI is InChI=1S/C13H18N2O2S/c1-3-11(13(14)18)15-12(16)8-9-4-6-10(17-2)7-5-9/h4-7,11H,3,8H2,1-2H3,(H2,14,18)(H,15,16). The largest absolute Gasteiger partial charge is 0.497 e. The van der Waals surface area contributed by atoms with Crippen molar-refractivity contribution in [2.75, 3.05) is 7.11 Å². The third-order valence-electron chi connectivity index (χ3n) is 2.61. The molecular weight excluding hydrogens is 248 g/mol. The number of rotatable bonds is 6. The molecule has 1 aromatic rings. The van der Waals surface area contributed by atoms with Crippen LogP contribution in [0.2, 0.25) is 0 Å². The molecule has 1 rings (SSSR count). The lowest BCUT2D eigenvalue weighted by atomic mass is 10.1. The maximum Gasteiger partial charge on any atom is 0.224 e. The van der Waals surface area contributed by atoms with E-state index in [-0.39, 0.29) is 11.9 Å². The summed E-state index contributed by atoms with van der Waals surface area (Å²) in [6.45, 7) is 1.93. The van der Waals surface area contributed by atoms with Gasteiger partial charge in [-0.05, 0) is 24.1 Å². The summed E-state index contributed by atoms with van der Waals surface area (Å²) in [7, 11) is 1.61. The molecule has 3 N–H and O–H groups in total. The highest BCUT2D eigenvalue weighted by Crippen LogP contribution is 2.11. The number of nitrogens with one attached hydrogen (secondary N) is 1. The Kier molecular flexibility index (Phi) is 5.58. The number of amides is 1. The molecule has 0 aliphatic heterocycles. The summed E-state index contributed by atoms with van der Waals surface area (Å²) in [5.74, 6) is 0.688. The average Bonchev–Trinajstić information content (AvgIpc) is 2.36. The van der Waals surface area contributed by atoms with Gasteiger partial charge >= 0.3 is 0 Å². The van der Waals surface area contributed by atoms with Crippen molar-refractivity contribution < 1.29 is 9.53 Å². The second kappa shape index (κ2) is 6.96. The zero-order valence-corrected chi connectivity index (χ0v) is 11.4. The van der Waals surface area contributed by atoms with Crippen LogP contribution < -0.4 is 15.8 Å². The van der Waals surface area contributed by atoms with Gasteiger partial charge in [0, 0.05) is 0 Å². The Balaban J connectivity index is 2.55. The topological polar surface area (TPSA) is 64.3 Å². The predicted octanol–water partition coefficient (Wildman–Crippen LogP) is 1.42. The van der Waals surface area contributed by atoms with Gasteiger partial charge < -0.3 is 15.8 Å². The SMILES string of the molecule is CCC(NC(=O)Cc1ccc(OC)cc1)C(N)=S. The molecule has 0 saturated heterocycles. The van der Waals surface area contributed by atoms with E-state index in [0.717, 1.165) is 11.3 Å². The predicted molar refractivity (Wildman–Crippen MR) is 75.7 cm³/mol. The Hall–Kier alpha value is -1.62. The van der Waals surface area contributed by atoms with Crippen LogP contribution in [0.15, 0.2) is 24.3 Å². The Labute approximate surface area is 113 Å². The summed E-state index contributed by atoms with van der Waals surface area (Å²) in [6.07, 6.45) is 1.01. The molecule has 0 fully saturated rings. The van der Waals surface area contributed by atoms with Gasteiger partial charge in [0.2, 0.25) is 5.91 Å². The van der Waals surface area contributed by atoms with E-state index in [9.17, 15) is 4.79 Å². The second-order valence-corrected chi connectivity index (χ2v) is 4.43. The number of benzene rings is 1. The first-order valence-electron chi connectivity index (χ1n) is 5.78. The normalized spacial score (nSPS) is 11.7. The van der Waals surface area contributed by atoms with E-state index in [4.69, 9.17) is 22.7 Å². The minimum atomic E-state index is -0.231. The molecule has 1 amide bonds. The number of methoxy groups -OCH3 is 1. The maximum absolute atomic E-state index is 11.8. The molecule has 0 radical (unpaired) electrons. The van der Waals surface area contributed by atoms with Crippen molar-refractivity contribution in [2.45, 2.75) is 25.8 Å². The van der Waals surface area contributed by atoms with Gasteiger partial charge in [-0.25, -0.2) is 0 Å². The third kappa shape index (κ3) is 4.33. The fourth-order valence-corrected chi connectivity index (χ4v) is 1.77. The summed E-state index contributed by atoms with van der Waals surface area (Å²) in [5, 5.41) is 2.81. The molecular formula is C13H18N2O2S. The van der Waals surface area contributed by atoms with Gasteiger partial charge in [0.15, 0.2) is 0 Å². The molecule has 1 atom stereocenters. The Morgan fingerprint density at radius 3 is 2.50 bits per heavy atom. The lowest BCUT2D eigenvalue weighted by Gasteiger charge is -2.15. The van der Waals surface area contributed by atoms with Crippen LogP contribution in [0.5, 0.6) is 5.75 Å². The van der Waals surface area contributed by atoms with E-state index >= 15 is 0 Å². The van der Waals surface area contributed by atoms with Crippen LogP contribution >= 0.6 is 12.2 Å². The van der Waals surface area contributed by atoms with Gasteiger partial charge in [-0.15, -0.1) is 0 Å². The van der Waals surface area contributed by atoms with Crippen molar-refractivity contribution in [3.05, 3.63) is 29.8 Å². The zero-order chi connectivity index (χ0) is 13.5. The Morgan fingerprint density at radius 1 is 1.44 bits per heavy atom. The number of carbonyl (C=O) groups excluding carboxylic acids is 1. The number of hydrogen-bond donors (Lipinski definition) is 2. The first kappa shape index (κ1) is 14.4. The molecule has 98 valence electrons. The number of nitrogens with two attached hydrogens (primary N) is 1. The number of thiocarbonyl (C=S) groups is 1. The summed E-state index contributed by atoms with van der Waals surface area (Å²) in [5.41, 5.74) is 6.45. The molecule has 1 aromatic carbocycles. The molecule has 4 nitrogen and oxygen atoms in total. The quantitative estimate of drug-likeness (QED) is 0.764. The van der Waals surface area contributed by atoms with E-state index < -0.39 is 0 Å². The maximum atomic E-state index is 11.8. The highest BCUT2D eigenvalue weighted by atomic mass is 32.1. The summed E-state index contributed by atoms with van der Waals surface area (Å²) >= 11 is 4.88. The smallest absolute Gasteiger partial charge is 0.224 e. The second-order valence-electron chi connectivity index (χ2n) is 3.96. The molecule has 0 spiro atoms. The van der Waals surface area contributed by atoms with Crippen LogP contribution in [0.4, 0.5) is 0 Å². The molecule has 0 saturated carbocycles. The van der Waals surface area contributed by atoms with Gasteiger partial charge in [0.05, 0.1) is 24.6 Å². The first-order chi connectivity index (χ1) is 8.56. The molecule has 0 heterocycles. The molecule has 0 aliphatic carbocycles. The van der Waals surface area contributed by atoms with E-state index in [1.165, 1.54) is 0 Å². The number of ether oxygens (including phenoxy) is 1. The molecule has 5 heteroatoms. The molecule has 18 heavy (non-hydrogen) atoms. The van der Waals surface area contributed by atoms with Crippen LogP contribution in [0.3, 0.4) is 0 Å². The van der Waals surface area contributed by atoms with Crippen molar-refractivity contribution in [3.8, 4) is 5.75 Å². The first-order valence-corrected chi connectivity index (χ1v) is 6.19. The fraction of sp³-hybridized carbons (Fsp3) is 0.385. The highest BCUT2D eigenvalue weighted by molar-refractivity contribution is 7.80. The van der Waals surface area contributed by atoms with Crippen molar-refractivity contribution in [1.82, 2.24) is 5.32 Å². The van der Waals surface area contributed by atoms with Crippen LogP contribution in [0.25, 0.3) is 0 Å². The average molecular weight is 266 g/mol. The summed E-state index contributed by atoms with van der Waals surface area (Å²) < 4.78 is 5.05. The van der Waals surface area contributed by atoms with Crippen LogP contribution in [0, 0.1) is 0 Å². The van der Waals surface area contributed by atoms with E-state index in [0.29, 0.717) is 17.8 Å². The van der Waals surface area contributed by atoms with Crippen LogP contribution in [-0.2, 0) is 11.2 Å². The van der Waals surface area contributed by atoms with Gasteiger partial charge in [0.1, 0.15) is 5.75 Å². The zero-order valence-electron chi connectivity index (χ0n) is 10.6. The highest BCUT2D eigenvalue weighted by Gasteiger charge is 2.12. The summed E-state index contributed by atoms with van der Waals surface area (Å²) in [4.78, 5) is 12.1. The lowest BCUT2D eigenvalue weighted by Crippen LogP contribution is -2.43. The van der Waals surface area contributed by atoms with Crippen LogP contribution in [-0.4, -0.2) is 24.0 Å². The fourth-order valence-electron chi connectivity index (χ4n) is 1.55. The Bertz CT molecular complexity index is 418. The van der Waals surface area contributed by atoms with Gasteiger partial charge in [-0.2, -0.15) is 0 Å². The number of carbonyl (C=O) groups is 1. The third-order valence-corrected chi connectivity index (χ3v) is 2.90. The minimum Gasteiger partial charge on any atom is -0.497 e. The molecule has 1 unspecified atom stereocenters. The molecule has 0 aromatic heterocycles. The number of hydrogen-bond acceptors (Lipinski definition) is 3. The summed E-state index contributed by atoms with van der Waals surface area (Å²) in [6, 6.07) is 7.15. The lowest BCUT2D eigenvalue weighted by molar-refractivity contribution is -0.120. The van der Waals surface area contributed by atoms with Gasteiger partial charge in [-0.3, -0.25) is 4.79 Å². The van der Waals surface area contributed by atoms with E-state index in [2.05, 4.69) is 5.32 Å². The van der Waals surface area contributed by atoms with E-state index in [1.54, 1.807) is 7.11 Å². The van der Waals surface area contributed by atoms with Crippen molar-refractivity contribution in [2.24, 2.45) is 5.73 Å². The van der Waals surface area contributed by atoms with Crippen LogP contribution in [0.1, 0.15) is 18.9 Å². The monoisotopic (exact) mass is 266 g/mol. The van der Waals surface area contributed by atoms with Crippen molar-refractivity contribution >= 4 is 23.1 Å². The minimum absolute atomic E-state index is 0.0835. The molecule has 0 bridgehead atoms. The Morgan fingerprint density at radius 2 is 2.06 bits per heavy atom. The van der Waals surface area contributed by atoms with Crippen molar-refractivity contribution in [3.63, 3.8) is 0 Å². The molecule has 0 aliphatic rings. The van der Waals surface area contributed by atoms with Gasteiger partial charge in [-0.1, -0.05) is 31.3 Å². The van der Waals surface area contributed by atoms with Gasteiger partial charge in [0.25, 0.3) is 0 Å². The van der Waals surface area contributed by atoms with Crippen molar-refractivity contribution in [1.29, 1.82) is 0 Å². The van der Waals surface area contributed by atoms with E-state index in [1.807, 2.05) is 31.2 Å².